The van der Waals surface area contributed by atoms with Gasteiger partial charge in [0.15, 0.2) is 11.5 Å². The van der Waals surface area contributed by atoms with Gasteiger partial charge in [-0.15, -0.1) is 0 Å². The summed E-state index contributed by atoms with van der Waals surface area (Å²) in [4.78, 5) is 12.4. The van der Waals surface area contributed by atoms with E-state index in [0.717, 1.165) is 5.56 Å². The molecule has 0 aliphatic rings. The predicted molar refractivity (Wildman–Crippen MR) is 127 cm³/mol. The molecule has 1 N–H and O–H groups in total. The second-order valence-corrected chi connectivity index (χ2v) is 7.92. The minimum atomic E-state index is -0.654. The van der Waals surface area contributed by atoms with Crippen molar-refractivity contribution >= 4 is 52.5 Å². The zero-order valence-corrected chi connectivity index (χ0v) is 19.4. The van der Waals surface area contributed by atoms with Crippen molar-refractivity contribution in [3.05, 3.63) is 92.2 Å². The second kappa shape index (κ2) is 11.1. The van der Waals surface area contributed by atoms with E-state index in [2.05, 4.69) is 5.32 Å². The molecule has 0 saturated carbocycles. The first-order chi connectivity index (χ1) is 15.8. The number of carbonyl (C=O) groups is 1. The molecule has 168 valence electrons. The lowest BCUT2D eigenvalue weighted by Crippen LogP contribution is -2.13. The van der Waals surface area contributed by atoms with Gasteiger partial charge in [-0.05, 0) is 65.7 Å². The van der Waals surface area contributed by atoms with Crippen LogP contribution in [0.15, 0.2) is 60.2 Å². The van der Waals surface area contributed by atoms with Gasteiger partial charge in [0, 0.05) is 5.69 Å². The van der Waals surface area contributed by atoms with Crippen molar-refractivity contribution < 1.29 is 18.7 Å². The molecule has 0 saturated heterocycles. The Bertz CT molecular complexity index is 1260. The molecular weight excluding hydrogens is 490 g/mol. The molecule has 33 heavy (non-hydrogen) atoms. The normalized spacial score (nSPS) is 11.0. The van der Waals surface area contributed by atoms with Gasteiger partial charge < -0.3 is 14.8 Å². The van der Waals surface area contributed by atoms with Crippen molar-refractivity contribution in [2.45, 2.75) is 6.61 Å². The number of amides is 1. The molecule has 3 aromatic carbocycles. The molecule has 9 heteroatoms. The maximum absolute atomic E-state index is 13.0. The molecule has 0 aliphatic carbocycles. The molecule has 0 aliphatic heterocycles. The van der Waals surface area contributed by atoms with E-state index in [0.29, 0.717) is 27.0 Å². The molecule has 3 aromatic rings. The third-order valence-corrected chi connectivity index (χ3v) is 5.42. The minimum absolute atomic E-state index is 0.158. The highest BCUT2D eigenvalue weighted by Crippen LogP contribution is 2.38. The van der Waals surface area contributed by atoms with Gasteiger partial charge in [-0.1, -0.05) is 40.9 Å². The summed E-state index contributed by atoms with van der Waals surface area (Å²) in [6.45, 7) is 0.158. The fraction of sp³-hybridized carbons (Fsp3) is 0.0833. The highest BCUT2D eigenvalue weighted by Gasteiger charge is 2.15. The first-order valence-electron chi connectivity index (χ1n) is 9.43. The van der Waals surface area contributed by atoms with Crippen LogP contribution in [-0.2, 0) is 11.4 Å². The summed E-state index contributed by atoms with van der Waals surface area (Å²) in [5.74, 6) is -0.493. The lowest BCUT2D eigenvalue weighted by Gasteiger charge is -2.14. The highest BCUT2D eigenvalue weighted by atomic mass is 35.5. The smallest absolute Gasteiger partial charge is 0.266 e. The first-order valence-corrected chi connectivity index (χ1v) is 10.6. The Morgan fingerprint density at radius 1 is 1.06 bits per heavy atom. The Balaban J connectivity index is 1.81. The molecule has 5 nitrogen and oxygen atoms in total. The summed E-state index contributed by atoms with van der Waals surface area (Å²) in [5.41, 5.74) is 1.39. The van der Waals surface area contributed by atoms with Crippen molar-refractivity contribution in [1.29, 1.82) is 5.26 Å². The van der Waals surface area contributed by atoms with Gasteiger partial charge in [0.05, 0.1) is 22.2 Å². The van der Waals surface area contributed by atoms with E-state index in [1.54, 1.807) is 24.3 Å². The minimum Gasteiger partial charge on any atom is -0.493 e. The molecule has 0 radical (unpaired) electrons. The van der Waals surface area contributed by atoms with E-state index in [-0.39, 0.29) is 23.0 Å². The number of hydrogen-bond donors (Lipinski definition) is 1. The monoisotopic (exact) mass is 504 g/mol. The topological polar surface area (TPSA) is 71.3 Å². The number of ether oxygens (including phenoxy) is 2. The van der Waals surface area contributed by atoms with Gasteiger partial charge in [0.2, 0.25) is 0 Å². The Hall–Kier alpha value is -3.24. The number of rotatable bonds is 7. The van der Waals surface area contributed by atoms with Crippen LogP contribution < -0.4 is 14.8 Å². The fourth-order valence-electron chi connectivity index (χ4n) is 2.80. The molecule has 0 unspecified atom stereocenters. The number of nitriles is 1. The molecule has 3 rings (SSSR count). The summed E-state index contributed by atoms with van der Waals surface area (Å²) >= 11 is 18.3. The average Bonchev–Trinajstić information content (AvgIpc) is 2.80. The molecule has 0 atom stereocenters. The summed E-state index contributed by atoms with van der Waals surface area (Å²) in [7, 11) is 1.44. The van der Waals surface area contributed by atoms with Crippen LogP contribution in [0.1, 0.15) is 11.1 Å². The van der Waals surface area contributed by atoms with Crippen molar-refractivity contribution in [3.8, 4) is 17.6 Å². The highest BCUT2D eigenvalue weighted by molar-refractivity contribution is 6.42. The number of nitrogens with one attached hydrogen (secondary N) is 1. The van der Waals surface area contributed by atoms with E-state index < -0.39 is 11.7 Å². The third-order valence-electron chi connectivity index (χ3n) is 4.40. The van der Waals surface area contributed by atoms with Gasteiger partial charge in [0.25, 0.3) is 5.91 Å². The number of methoxy groups -OCH3 is 1. The van der Waals surface area contributed by atoms with Crippen molar-refractivity contribution in [1.82, 2.24) is 0 Å². The van der Waals surface area contributed by atoms with Crippen LogP contribution in [0.2, 0.25) is 15.1 Å². The maximum atomic E-state index is 13.0. The van der Waals surface area contributed by atoms with Gasteiger partial charge in [-0.2, -0.15) is 5.26 Å². The summed E-state index contributed by atoms with van der Waals surface area (Å²) in [6, 6.07) is 15.3. The molecule has 0 heterocycles. The largest absolute Gasteiger partial charge is 0.493 e. The van der Waals surface area contributed by atoms with Crippen LogP contribution in [0, 0.1) is 17.1 Å². The van der Waals surface area contributed by atoms with Crippen LogP contribution in [0.5, 0.6) is 11.5 Å². The van der Waals surface area contributed by atoms with Crippen molar-refractivity contribution in [3.63, 3.8) is 0 Å². The summed E-state index contributed by atoms with van der Waals surface area (Å²) in [5, 5.41) is 13.0. The third kappa shape index (κ3) is 6.39. The van der Waals surface area contributed by atoms with Crippen molar-refractivity contribution in [2.24, 2.45) is 0 Å². The molecule has 0 aromatic heterocycles. The Morgan fingerprint density at radius 2 is 1.79 bits per heavy atom. The number of benzene rings is 3. The number of carbonyl (C=O) groups excluding carboxylic acids is 1. The standard InChI is InChI=1S/C24H16Cl3FN2O3/c1-32-22-11-15(8-16(12-29)24(31)30-18-5-3-17(28)4-6-18)10-21(27)23(22)33-13-14-2-7-19(25)20(26)9-14/h2-11H,13H2,1H3,(H,30,31)/b16-8+. The molecule has 0 bridgehead atoms. The number of anilines is 1. The average molecular weight is 506 g/mol. The van der Waals surface area contributed by atoms with Crippen molar-refractivity contribution in [2.75, 3.05) is 12.4 Å². The first kappa shape index (κ1) is 24.4. The van der Waals surface area contributed by atoms with E-state index in [1.807, 2.05) is 6.07 Å². The van der Waals surface area contributed by atoms with E-state index in [9.17, 15) is 14.4 Å². The molecule has 1 amide bonds. The van der Waals surface area contributed by atoms with Gasteiger partial charge >= 0.3 is 0 Å². The number of halogens is 4. The van der Waals surface area contributed by atoms with E-state index in [1.165, 1.54) is 43.5 Å². The maximum Gasteiger partial charge on any atom is 0.266 e. The Morgan fingerprint density at radius 3 is 2.42 bits per heavy atom. The lowest BCUT2D eigenvalue weighted by molar-refractivity contribution is -0.112. The van der Waals surface area contributed by atoms with Gasteiger partial charge in [0.1, 0.15) is 24.1 Å². The Labute approximate surface area is 204 Å². The van der Waals surface area contributed by atoms with Crippen LogP contribution in [0.4, 0.5) is 10.1 Å². The van der Waals surface area contributed by atoms with Crippen LogP contribution >= 0.6 is 34.8 Å². The quantitative estimate of drug-likeness (QED) is 0.279. The Kier molecular flexibility index (Phi) is 8.18. The van der Waals surface area contributed by atoms with Crippen LogP contribution in [-0.4, -0.2) is 13.0 Å². The molecular formula is C24H16Cl3FN2O3. The molecule has 0 spiro atoms. The SMILES string of the molecule is COc1cc(/C=C(\C#N)C(=O)Nc2ccc(F)cc2)cc(Cl)c1OCc1ccc(Cl)c(Cl)c1. The fourth-order valence-corrected chi connectivity index (χ4v) is 3.39. The van der Waals surface area contributed by atoms with Crippen LogP contribution in [0.25, 0.3) is 6.08 Å². The lowest BCUT2D eigenvalue weighted by atomic mass is 10.1. The van der Waals surface area contributed by atoms with Crippen LogP contribution in [0.3, 0.4) is 0 Å². The summed E-state index contributed by atoms with van der Waals surface area (Å²) < 4.78 is 24.2. The summed E-state index contributed by atoms with van der Waals surface area (Å²) in [6.07, 6.45) is 1.36. The number of nitrogens with zero attached hydrogens (tertiary/aromatic N) is 1. The van der Waals surface area contributed by atoms with Gasteiger partial charge in [-0.25, -0.2) is 4.39 Å². The predicted octanol–water partition coefficient (Wildman–Crippen LogP) is 6.92. The van der Waals surface area contributed by atoms with E-state index >= 15 is 0 Å². The number of hydrogen-bond acceptors (Lipinski definition) is 4. The zero-order valence-electron chi connectivity index (χ0n) is 17.2. The second-order valence-electron chi connectivity index (χ2n) is 6.70. The van der Waals surface area contributed by atoms with E-state index in [4.69, 9.17) is 44.3 Å². The van der Waals surface area contributed by atoms with Gasteiger partial charge in [-0.3, -0.25) is 4.79 Å². The zero-order chi connectivity index (χ0) is 24.0. The molecule has 0 fully saturated rings.